The Hall–Kier alpha value is -3.04. The van der Waals surface area contributed by atoms with Crippen LogP contribution in [0.3, 0.4) is 0 Å². The van der Waals surface area contributed by atoms with Crippen LogP contribution in [0.25, 0.3) is 0 Å². The first-order chi connectivity index (χ1) is 17.5. The summed E-state index contributed by atoms with van der Waals surface area (Å²) in [7, 11) is 0. The van der Waals surface area contributed by atoms with Crippen molar-refractivity contribution in [2.75, 3.05) is 0 Å². The number of carbonyl (C=O) groups is 6. The van der Waals surface area contributed by atoms with Gasteiger partial charge >= 0.3 is 23.9 Å². The van der Waals surface area contributed by atoms with Gasteiger partial charge in [-0.3, -0.25) is 28.8 Å². The van der Waals surface area contributed by atoms with Crippen LogP contribution in [-0.4, -0.2) is 59.9 Å². The normalized spacial score (nSPS) is 39.1. The monoisotopic (exact) mass is 532 g/mol. The average molecular weight is 533 g/mol. The summed E-state index contributed by atoms with van der Waals surface area (Å²) in [5.74, 6) is -4.37. The molecule has 0 saturated heterocycles. The third-order valence-electron chi connectivity index (χ3n) is 9.17. The lowest BCUT2D eigenvalue weighted by atomic mass is 9.45. The Morgan fingerprint density at radius 1 is 0.816 bits per heavy atom. The van der Waals surface area contributed by atoms with Crippen LogP contribution < -0.4 is 0 Å². The number of rotatable bonds is 4. The minimum absolute atomic E-state index is 0.0182. The van der Waals surface area contributed by atoms with Gasteiger partial charge in [0.1, 0.15) is 12.2 Å². The van der Waals surface area contributed by atoms with E-state index in [-0.39, 0.29) is 17.1 Å². The standard InChI is InChI=1S/C28H36O10/c1-12-11-28(12)24(34)18-19(20(33)25(28)38-16(5)32)27(8)10-9-17(35-13(2)29)26(6,7)23(27)22(37-15(4)31)21(18)36-14(3)30/h12,17,21-23,25H,9-11H2,1-8H3/t12-,17+,21-,22+,23-,25-,27+,28+/m0/s1. The number of ether oxygens (including phenoxy) is 4. The van der Waals surface area contributed by atoms with E-state index >= 15 is 0 Å². The van der Waals surface area contributed by atoms with Gasteiger partial charge < -0.3 is 18.9 Å². The van der Waals surface area contributed by atoms with E-state index in [2.05, 4.69) is 0 Å². The number of carbonyl (C=O) groups excluding carboxylic acids is 6. The molecule has 10 nitrogen and oxygen atoms in total. The quantitative estimate of drug-likeness (QED) is 0.392. The molecule has 0 heterocycles. The fourth-order valence-electron chi connectivity index (χ4n) is 7.72. The molecular weight excluding hydrogens is 496 g/mol. The Morgan fingerprint density at radius 3 is 1.82 bits per heavy atom. The van der Waals surface area contributed by atoms with Crippen LogP contribution in [0, 0.1) is 28.1 Å². The molecule has 2 fully saturated rings. The van der Waals surface area contributed by atoms with E-state index in [1.54, 1.807) is 6.92 Å². The number of esters is 4. The minimum atomic E-state index is -1.35. The Morgan fingerprint density at radius 2 is 1.34 bits per heavy atom. The molecule has 0 bridgehead atoms. The van der Waals surface area contributed by atoms with Crippen molar-refractivity contribution in [2.24, 2.45) is 28.1 Å². The second-order valence-corrected chi connectivity index (χ2v) is 12.1. The summed E-state index contributed by atoms with van der Waals surface area (Å²) in [6.07, 6.45) is -3.33. The van der Waals surface area contributed by atoms with E-state index in [1.807, 2.05) is 20.8 Å². The summed E-state index contributed by atoms with van der Waals surface area (Å²) >= 11 is 0. The fraction of sp³-hybridized carbons (Fsp3) is 0.714. The molecule has 0 unspecified atom stereocenters. The van der Waals surface area contributed by atoms with Gasteiger partial charge in [0.2, 0.25) is 5.78 Å². The molecule has 8 atom stereocenters. The molecule has 0 N–H and O–H groups in total. The molecule has 38 heavy (non-hydrogen) atoms. The van der Waals surface area contributed by atoms with Crippen LogP contribution in [0.2, 0.25) is 0 Å². The first kappa shape index (κ1) is 28.0. The van der Waals surface area contributed by atoms with Crippen molar-refractivity contribution in [3.05, 3.63) is 11.1 Å². The van der Waals surface area contributed by atoms with Crippen molar-refractivity contribution in [2.45, 2.75) is 99.1 Å². The molecule has 0 aliphatic heterocycles. The predicted molar refractivity (Wildman–Crippen MR) is 130 cm³/mol. The second-order valence-electron chi connectivity index (χ2n) is 12.1. The zero-order valence-corrected chi connectivity index (χ0v) is 23.2. The molecule has 208 valence electrons. The van der Waals surface area contributed by atoms with Crippen LogP contribution in [0.1, 0.15) is 74.7 Å². The summed E-state index contributed by atoms with van der Waals surface area (Å²) < 4.78 is 22.7. The summed E-state index contributed by atoms with van der Waals surface area (Å²) in [6, 6.07) is 0. The number of Topliss-reactive ketones (excluding diaryl/α,β-unsaturated/α-hetero) is 2. The molecule has 2 saturated carbocycles. The summed E-state index contributed by atoms with van der Waals surface area (Å²) in [5.41, 5.74) is -3.01. The largest absolute Gasteiger partial charge is 0.462 e. The zero-order valence-electron chi connectivity index (χ0n) is 23.2. The lowest BCUT2D eigenvalue weighted by Crippen LogP contribution is -2.66. The first-order valence-electron chi connectivity index (χ1n) is 13.0. The number of fused-ring (bicyclic) bond motifs is 2. The van der Waals surface area contributed by atoms with Gasteiger partial charge in [-0.05, 0) is 25.2 Å². The van der Waals surface area contributed by atoms with Gasteiger partial charge in [0.05, 0.1) is 5.41 Å². The molecular formula is C28H36O10. The Kier molecular flexibility index (Phi) is 6.64. The molecule has 0 aromatic carbocycles. The van der Waals surface area contributed by atoms with Crippen LogP contribution in [-0.2, 0) is 47.7 Å². The van der Waals surface area contributed by atoms with Crippen molar-refractivity contribution < 1.29 is 47.7 Å². The third-order valence-corrected chi connectivity index (χ3v) is 9.17. The van der Waals surface area contributed by atoms with Crippen molar-refractivity contribution in [3.63, 3.8) is 0 Å². The van der Waals surface area contributed by atoms with Gasteiger partial charge in [-0.25, -0.2) is 0 Å². The van der Waals surface area contributed by atoms with Gasteiger partial charge in [0.15, 0.2) is 18.0 Å². The third kappa shape index (κ3) is 3.98. The highest BCUT2D eigenvalue weighted by atomic mass is 16.6. The molecule has 4 aliphatic rings. The Labute approximate surface area is 221 Å². The lowest BCUT2D eigenvalue weighted by Gasteiger charge is -2.60. The molecule has 0 amide bonds. The highest BCUT2D eigenvalue weighted by Gasteiger charge is 2.74. The molecule has 1 spiro atoms. The second kappa shape index (κ2) is 9.02. The van der Waals surface area contributed by atoms with Crippen LogP contribution in [0.15, 0.2) is 11.1 Å². The highest BCUT2D eigenvalue weighted by molar-refractivity contribution is 6.20. The topological polar surface area (TPSA) is 139 Å². The maximum atomic E-state index is 14.3. The minimum Gasteiger partial charge on any atom is -0.462 e. The van der Waals surface area contributed by atoms with E-state index in [4.69, 9.17) is 18.9 Å². The van der Waals surface area contributed by atoms with Crippen molar-refractivity contribution in [3.8, 4) is 0 Å². The number of ketones is 2. The zero-order chi connectivity index (χ0) is 28.5. The first-order valence-corrected chi connectivity index (χ1v) is 13.0. The van der Waals surface area contributed by atoms with E-state index in [1.165, 1.54) is 27.7 Å². The maximum absolute atomic E-state index is 14.3. The molecule has 10 heteroatoms. The van der Waals surface area contributed by atoms with Crippen LogP contribution in [0.4, 0.5) is 0 Å². The smallest absolute Gasteiger partial charge is 0.303 e. The van der Waals surface area contributed by atoms with Gasteiger partial charge in [-0.2, -0.15) is 0 Å². The molecule has 0 aromatic heterocycles. The molecule has 4 aliphatic carbocycles. The van der Waals surface area contributed by atoms with Crippen molar-refractivity contribution >= 4 is 35.4 Å². The summed E-state index contributed by atoms with van der Waals surface area (Å²) in [5, 5.41) is 0. The summed E-state index contributed by atoms with van der Waals surface area (Å²) in [4.78, 5) is 77.4. The lowest BCUT2D eigenvalue weighted by molar-refractivity contribution is -0.206. The van der Waals surface area contributed by atoms with E-state index in [0.29, 0.717) is 19.3 Å². The molecule has 4 rings (SSSR count). The van der Waals surface area contributed by atoms with E-state index in [0.717, 1.165) is 0 Å². The average Bonchev–Trinajstić information content (AvgIpc) is 3.43. The number of hydrogen-bond donors (Lipinski definition) is 0. The Balaban J connectivity index is 2.01. The Bertz CT molecular complexity index is 1160. The SMILES string of the molecule is CC(=O)O[C@@H]1[C@@H](OC(C)=O)C2=C(C(=O)[C@H](OC(C)=O)[C@@]3(C[C@@H]3C)C2=O)[C@@]2(C)CC[C@@H](OC(C)=O)C(C)(C)[C@H]12. The highest BCUT2D eigenvalue weighted by Crippen LogP contribution is 2.67. The number of hydrogen-bond acceptors (Lipinski definition) is 10. The molecule has 0 aromatic rings. The van der Waals surface area contributed by atoms with Gasteiger partial charge in [-0.15, -0.1) is 0 Å². The molecule has 0 radical (unpaired) electrons. The summed E-state index contributed by atoms with van der Waals surface area (Å²) in [6.45, 7) is 12.2. The van der Waals surface area contributed by atoms with Crippen LogP contribution in [0.5, 0.6) is 0 Å². The fourth-order valence-corrected chi connectivity index (χ4v) is 7.72. The van der Waals surface area contributed by atoms with Gasteiger partial charge in [0, 0.05) is 55.6 Å². The maximum Gasteiger partial charge on any atom is 0.303 e. The van der Waals surface area contributed by atoms with E-state index in [9.17, 15) is 28.8 Å². The van der Waals surface area contributed by atoms with Crippen molar-refractivity contribution in [1.29, 1.82) is 0 Å². The van der Waals surface area contributed by atoms with E-state index < -0.39 is 82.0 Å². The van der Waals surface area contributed by atoms with Gasteiger partial charge in [0.25, 0.3) is 0 Å². The van der Waals surface area contributed by atoms with Gasteiger partial charge in [-0.1, -0.05) is 27.7 Å². The predicted octanol–water partition coefficient (Wildman–Crippen LogP) is 2.64. The van der Waals surface area contributed by atoms with Crippen molar-refractivity contribution in [1.82, 2.24) is 0 Å². The van der Waals surface area contributed by atoms with Crippen LogP contribution >= 0.6 is 0 Å².